The molecule has 3 rings (SSSR count). The van der Waals surface area contributed by atoms with Crippen molar-refractivity contribution in [1.29, 1.82) is 0 Å². The molecule has 3 amide bonds. The molecule has 3 aromatic rings. The Bertz CT molecular complexity index is 1260. The number of anilines is 2. The molecule has 0 saturated heterocycles. The fourth-order valence-electron chi connectivity index (χ4n) is 2.97. The smallest absolute Gasteiger partial charge is 0.270 e. The monoisotopic (exact) mass is 466 g/mol. The summed E-state index contributed by atoms with van der Waals surface area (Å²) in [4.78, 5) is 49.4. The third-order valence-corrected chi connectivity index (χ3v) is 4.91. The van der Waals surface area contributed by atoms with Crippen molar-refractivity contribution >= 4 is 46.4 Å². The highest BCUT2D eigenvalue weighted by Gasteiger charge is 2.18. The minimum Gasteiger partial charge on any atom is -0.345 e. The van der Waals surface area contributed by atoms with E-state index in [1.807, 2.05) is 0 Å². The summed E-state index contributed by atoms with van der Waals surface area (Å²) in [7, 11) is 3.26. The van der Waals surface area contributed by atoms with Gasteiger partial charge in [0.2, 0.25) is 0 Å². The number of para-hydroxylation sites is 1. The zero-order chi connectivity index (χ0) is 24.1. The van der Waals surface area contributed by atoms with Gasteiger partial charge in [-0.2, -0.15) is 0 Å². The Labute approximate surface area is 194 Å². The number of benzene rings is 3. The van der Waals surface area contributed by atoms with Crippen LogP contribution in [0.4, 0.5) is 17.1 Å². The SMILES string of the molecule is CN(C)C(=O)c1cccc(NC(=O)c2ccccc2NC(=O)c2ccc([N+](=O)[O-])cc2Cl)c1. The van der Waals surface area contributed by atoms with E-state index in [0.29, 0.717) is 11.3 Å². The summed E-state index contributed by atoms with van der Waals surface area (Å²) >= 11 is 6.03. The maximum Gasteiger partial charge on any atom is 0.270 e. The first-order chi connectivity index (χ1) is 15.7. The van der Waals surface area contributed by atoms with Crippen LogP contribution in [0.25, 0.3) is 0 Å². The number of amides is 3. The van der Waals surface area contributed by atoms with Gasteiger partial charge < -0.3 is 15.5 Å². The van der Waals surface area contributed by atoms with E-state index in [1.165, 1.54) is 29.2 Å². The van der Waals surface area contributed by atoms with E-state index in [-0.39, 0.29) is 33.4 Å². The van der Waals surface area contributed by atoms with Crippen LogP contribution >= 0.6 is 11.6 Å². The van der Waals surface area contributed by atoms with Crippen molar-refractivity contribution in [3.8, 4) is 0 Å². The molecule has 9 nitrogen and oxygen atoms in total. The number of nitro groups is 1. The number of rotatable bonds is 6. The Hall–Kier alpha value is -4.24. The summed E-state index contributed by atoms with van der Waals surface area (Å²) in [6.45, 7) is 0. The number of carbonyl (C=O) groups excluding carboxylic acids is 3. The summed E-state index contributed by atoms with van der Waals surface area (Å²) in [5.41, 5.74) is 0.987. The van der Waals surface area contributed by atoms with Gasteiger partial charge in [0, 0.05) is 37.5 Å². The zero-order valence-corrected chi connectivity index (χ0v) is 18.4. The van der Waals surface area contributed by atoms with E-state index in [1.54, 1.807) is 50.5 Å². The summed E-state index contributed by atoms with van der Waals surface area (Å²) < 4.78 is 0. The molecule has 0 spiro atoms. The molecule has 3 aromatic carbocycles. The molecule has 0 unspecified atom stereocenters. The van der Waals surface area contributed by atoms with Crippen LogP contribution in [-0.4, -0.2) is 41.6 Å². The minimum absolute atomic E-state index is 0.0207. The van der Waals surface area contributed by atoms with Crippen LogP contribution in [-0.2, 0) is 0 Å². The average Bonchev–Trinajstić information content (AvgIpc) is 2.78. The fourth-order valence-corrected chi connectivity index (χ4v) is 3.23. The van der Waals surface area contributed by atoms with Crippen molar-refractivity contribution in [2.45, 2.75) is 0 Å². The summed E-state index contributed by atoms with van der Waals surface area (Å²) in [5.74, 6) is -1.34. The van der Waals surface area contributed by atoms with Gasteiger partial charge in [0.1, 0.15) is 0 Å². The van der Waals surface area contributed by atoms with Crippen LogP contribution in [0, 0.1) is 10.1 Å². The lowest BCUT2D eigenvalue weighted by Crippen LogP contribution is -2.22. The van der Waals surface area contributed by atoms with Crippen LogP contribution in [0.5, 0.6) is 0 Å². The Kier molecular flexibility index (Phi) is 7.04. The molecule has 0 fully saturated rings. The summed E-state index contributed by atoms with van der Waals surface area (Å²) in [5, 5.41) is 16.1. The maximum absolute atomic E-state index is 12.9. The van der Waals surface area contributed by atoms with E-state index >= 15 is 0 Å². The van der Waals surface area contributed by atoms with Gasteiger partial charge in [-0.1, -0.05) is 29.8 Å². The lowest BCUT2D eigenvalue weighted by atomic mass is 10.1. The van der Waals surface area contributed by atoms with Crippen molar-refractivity contribution in [1.82, 2.24) is 4.90 Å². The molecule has 0 aliphatic rings. The minimum atomic E-state index is -0.631. The van der Waals surface area contributed by atoms with Crippen LogP contribution in [0.2, 0.25) is 5.02 Å². The number of nitrogens with zero attached hydrogens (tertiary/aromatic N) is 2. The third-order valence-electron chi connectivity index (χ3n) is 4.60. The van der Waals surface area contributed by atoms with Gasteiger partial charge in [-0.25, -0.2) is 0 Å². The second-order valence-electron chi connectivity index (χ2n) is 7.16. The highest BCUT2D eigenvalue weighted by Crippen LogP contribution is 2.25. The van der Waals surface area contributed by atoms with Gasteiger partial charge in [-0.05, 0) is 36.4 Å². The van der Waals surface area contributed by atoms with Gasteiger partial charge in [0.05, 0.1) is 26.8 Å². The van der Waals surface area contributed by atoms with Crippen LogP contribution in [0.1, 0.15) is 31.1 Å². The summed E-state index contributed by atoms with van der Waals surface area (Å²) in [6, 6.07) is 16.3. The highest BCUT2D eigenvalue weighted by molar-refractivity contribution is 6.34. The number of carbonyl (C=O) groups is 3. The zero-order valence-electron chi connectivity index (χ0n) is 17.7. The summed E-state index contributed by atoms with van der Waals surface area (Å²) in [6.07, 6.45) is 0. The van der Waals surface area contributed by atoms with Crippen molar-refractivity contribution in [2.75, 3.05) is 24.7 Å². The molecule has 0 atom stereocenters. The van der Waals surface area contributed by atoms with Gasteiger partial charge in [-0.3, -0.25) is 24.5 Å². The molecule has 168 valence electrons. The molecular formula is C23H19ClN4O5. The van der Waals surface area contributed by atoms with E-state index < -0.39 is 16.7 Å². The van der Waals surface area contributed by atoms with Crippen LogP contribution in [0.3, 0.4) is 0 Å². The number of hydrogen-bond donors (Lipinski definition) is 2. The molecular weight excluding hydrogens is 448 g/mol. The molecule has 0 bridgehead atoms. The second kappa shape index (κ2) is 9.92. The number of nitrogens with one attached hydrogen (secondary N) is 2. The molecule has 33 heavy (non-hydrogen) atoms. The van der Waals surface area contributed by atoms with Gasteiger partial charge in [0.15, 0.2) is 0 Å². The molecule has 2 N–H and O–H groups in total. The van der Waals surface area contributed by atoms with Gasteiger partial charge in [0.25, 0.3) is 23.4 Å². The molecule has 0 heterocycles. The Morgan fingerprint density at radius 1 is 0.879 bits per heavy atom. The van der Waals surface area contributed by atoms with Crippen molar-refractivity contribution in [3.05, 3.63) is 98.6 Å². The molecule has 0 aliphatic carbocycles. The van der Waals surface area contributed by atoms with Gasteiger partial charge in [-0.15, -0.1) is 0 Å². The molecule has 10 heteroatoms. The molecule has 0 aromatic heterocycles. The van der Waals surface area contributed by atoms with Crippen LogP contribution in [0.15, 0.2) is 66.7 Å². The maximum atomic E-state index is 12.9. The molecule has 0 saturated carbocycles. The Balaban J connectivity index is 1.81. The average molecular weight is 467 g/mol. The fraction of sp³-hybridized carbons (Fsp3) is 0.0870. The first-order valence-electron chi connectivity index (χ1n) is 9.64. The number of nitro benzene ring substituents is 1. The second-order valence-corrected chi connectivity index (χ2v) is 7.56. The van der Waals surface area contributed by atoms with E-state index in [2.05, 4.69) is 10.6 Å². The largest absolute Gasteiger partial charge is 0.345 e. The van der Waals surface area contributed by atoms with Crippen LogP contribution < -0.4 is 10.6 Å². The van der Waals surface area contributed by atoms with Crippen molar-refractivity contribution in [2.24, 2.45) is 0 Å². The van der Waals surface area contributed by atoms with E-state index in [0.717, 1.165) is 6.07 Å². The predicted octanol–water partition coefficient (Wildman–Crippen LogP) is 4.45. The van der Waals surface area contributed by atoms with E-state index in [9.17, 15) is 24.5 Å². The first-order valence-corrected chi connectivity index (χ1v) is 10.0. The van der Waals surface area contributed by atoms with Crippen molar-refractivity contribution in [3.63, 3.8) is 0 Å². The van der Waals surface area contributed by atoms with E-state index in [4.69, 9.17) is 11.6 Å². The lowest BCUT2D eigenvalue weighted by molar-refractivity contribution is -0.384. The topological polar surface area (TPSA) is 122 Å². The number of hydrogen-bond acceptors (Lipinski definition) is 5. The predicted molar refractivity (Wildman–Crippen MR) is 125 cm³/mol. The Morgan fingerprint density at radius 2 is 1.58 bits per heavy atom. The normalized spacial score (nSPS) is 10.3. The number of non-ortho nitro benzene ring substituents is 1. The molecule has 0 aliphatic heterocycles. The van der Waals surface area contributed by atoms with Crippen molar-refractivity contribution < 1.29 is 19.3 Å². The quantitative estimate of drug-likeness (QED) is 0.410. The molecule has 0 radical (unpaired) electrons. The van der Waals surface area contributed by atoms with Gasteiger partial charge >= 0.3 is 0 Å². The highest BCUT2D eigenvalue weighted by atomic mass is 35.5. The number of halogens is 1. The third kappa shape index (κ3) is 5.52. The Morgan fingerprint density at radius 3 is 2.24 bits per heavy atom. The first kappa shape index (κ1) is 23.4. The lowest BCUT2D eigenvalue weighted by Gasteiger charge is -2.13. The standard InChI is InChI=1S/C23H19ClN4O5/c1-27(2)23(31)14-6-5-7-15(12-14)25-22(30)18-8-3-4-9-20(18)26-21(29)17-11-10-16(28(32)33)13-19(17)24/h3-13H,1-2H3,(H,25,30)(H,26,29).